The largest absolute Gasteiger partial charge is 0.338 e. The maximum absolute atomic E-state index is 14.0. The van der Waals surface area contributed by atoms with Gasteiger partial charge in [-0.2, -0.15) is 0 Å². The van der Waals surface area contributed by atoms with Crippen molar-refractivity contribution in [1.82, 2.24) is 9.80 Å². The molecule has 222 valence electrons. The zero-order valence-corrected chi connectivity index (χ0v) is 25.1. The first-order chi connectivity index (χ1) is 20.9. The molecule has 5 nitrogen and oxygen atoms in total. The number of para-hydroxylation sites is 1. The Kier molecular flexibility index (Phi) is 10.0. The van der Waals surface area contributed by atoms with Crippen LogP contribution < -0.4 is 4.90 Å². The predicted octanol–water partition coefficient (Wildman–Crippen LogP) is 6.96. The molecule has 0 aromatic heterocycles. The molecular formula is C37H40FN3O2. The van der Waals surface area contributed by atoms with Gasteiger partial charge in [0.2, 0.25) is 5.91 Å². The zero-order valence-electron chi connectivity index (χ0n) is 25.1. The molecule has 5 rings (SSSR count). The van der Waals surface area contributed by atoms with Gasteiger partial charge in [0.15, 0.2) is 0 Å². The summed E-state index contributed by atoms with van der Waals surface area (Å²) < 4.78 is 13.8. The Morgan fingerprint density at radius 1 is 0.721 bits per heavy atom. The van der Waals surface area contributed by atoms with Crippen molar-refractivity contribution in [1.29, 1.82) is 0 Å². The van der Waals surface area contributed by atoms with Crippen LogP contribution >= 0.6 is 0 Å². The van der Waals surface area contributed by atoms with Gasteiger partial charge in [0.1, 0.15) is 5.82 Å². The Morgan fingerprint density at radius 3 is 2.14 bits per heavy atom. The SMILES string of the molecule is Cc1ccccc1CC(=O)N1CCCN(Cc2ccccc2)CCCN(C(=O)c2ccc(F)cc2)c2c(C)cccc2C1. The second-order valence-electron chi connectivity index (χ2n) is 11.4. The second kappa shape index (κ2) is 14.3. The van der Waals surface area contributed by atoms with Crippen LogP contribution in [0, 0.1) is 19.7 Å². The Balaban J connectivity index is 1.50. The summed E-state index contributed by atoms with van der Waals surface area (Å²) in [5, 5.41) is 0. The quantitative estimate of drug-likeness (QED) is 0.258. The highest BCUT2D eigenvalue weighted by atomic mass is 19.1. The number of carbonyl (C=O) groups is 2. The van der Waals surface area contributed by atoms with Gasteiger partial charge in [-0.15, -0.1) is 0 Å². The Bertz CT molecular complexity index is 1540. The summed E-state index contributed by atoms with van der Waals surface area (Å²) in [6, 6.07) is 30.2. The Hall–Kier alpha value is -4.29. The highest BCUT2D eigenvalue weighted by Crippen LogP contribution is 2.29. The maximum atomic E-state index is 14.0. The standard InChI is InChI=1S/C37H40FN3O2/c1-28-11-6-7-15-32(28)25-35(42)40-23-9-21-39(26-30-13-4-3-5-14-30)22-10-24-41(36-29(2)12-8-16-33(36)27-40)37(43)31-17-19-34(38)20-18-31/h3-8,11-20H,9-10,21-27H2,1-2H3. The molecule has 0 N–H and O–H groups in total. The van der Waals surface area contributed by atoms with Crippen LogP contribution in [0.2, 0.25) is 0 Å². The lowest BCUT2D eigenvalue weighted by atomic mass is 10.0. The summed E-state index contributed by atoms with van der Waals surface area (Å²) in [5.74, 6) is -0.467. The van der Waals surface area contributed by atoms with Crippen LogP contribution in [0.1, 0.15) is 51.0 Å². The lowest BCUT2D eigenvalue weighted by Crippen LogP contribution is -2.39. The normalized spacial score (nSPS) is 14.9. The van der Waals surface area contributed by atoms with Crippen LogP contribution in [0.15, 0.2) is 97.1 Å². The molecule has 0 aliphatic carbocycles. The summed E-state index contributed by atoms with van der Waals surface area (Å²) in [5.41, 5.74) is 6.56. The van der Waals surface area contributed by atoms with E-state index in [2.05, 4.69) is 29.2 Å². The molecule has 4 aromatic rings. The highest BCUT2D eigenvalue weighted by molar-refractivity contribution is 6.07. The summed E-state index contributed by atoms with van der Waals surface area (Å²) in [4.78, 5) is 34.1. The lowest BCUT2D eigenvalue weighted by molar-refractivity contribution is -0.131. The third-order valence-electron chi connectivity index (χ3n) is 8.25. The van der Waals surface area contributed by atoms with Gasteiger partial charge in [-0.3, -0.25) is 14.5 Å². The molecule has 0 fully saturated rings. The number of hydrogen-bond donors (Lipinski definition) is 0. The van der Waals surface area contributed by atoms with Crippen molar-refractivity contribution >= 4 is 17.5 Å². The van der Waals surface area contributed by atoms with Gasteiger partial charge >= 0.3 is 0 Å². The first kappa shape index (κ1) is 30.2. The van der Waals surface area contributed by atoms with Gasteiger partial charge in [0.25, 0.3) is 5.91 Å². The van der Waals surface area contributed by atoms with Crippen molar-refractivity contribution in [2.24, 2.45) is 0 Å². The molecule has 1 heterocycles. The minimum atomic E-state index is -0.374. The average molecular weight is 578 g/mol. The van der Waals surface area contributed by atoms with Crippen LogP contribution in [0.3, 0.4) is 0 Å². The van der Waals surface area contributed by atoms with E-state index in [9.17, 15) is 14.0 Å². The van der Waals surface area contributed by atoms with E-state index in [4.69, 9.17) is 0 Å². The maximum Gasteiger partial charge on any atom is 0.258 e. The van der Waals surface area contributed by atoms with Gasteiger partial charge in [-0.1, -0.05) is 72.8 Å². The van der Waals surface area contributed by atoms with Crippen LogP contribution in [-0.4, -0.2) is 47.8 Å². The molecule has 0 saturated carbocycles. The summed E-state index contributed by atoms with van der Waals surface area (Å²) in [6.07, 6.45) is 1.97. The molecule has 43 heavy (non-hydrogen) atoms. The molecule has 1 aliphatic rings. The van der Waals surface area contributed by atoms with Crippen LogP contribution in [0.4, 0.5) is 10.1 Å². The van der Waals surface area contributed by atoms with E-state index < -0.39 is 0 Å². The van der Waals surface area contributed by atoms with E-state index in [0.29, 0.717) is 31.6 Å². The van der Waals surface area contributed by atoms with Crippen LogP contribution in [0.5, 0.6) is 0 Å². The number of carbonyl (C=O) groups excluding carboxylic acids is 2. The van der Waals surface area contributed by atoms with Crippen molar-refractivity contribution in [3.8, 4) is 0 Å². The fourth-order valence-corrected chi connectivity index (χ4v) is 5.93. The van der Waals surface area contributed by atoms with Crippen LogP contribution in [0.25, 0.3) is 0 Å². The number of anilines is 1. The summed E-state index contributed by atoms with van der Waals surface area (Å²) in [7, 11) is 0. The monoisotopic (exact) mass is 577 g/mol. The zero-order chi connectivity index (χ0) is 30.2. The first-order valence-electron chi connectivity index (χ1n) is 15.1. The van der Waals surface area contributed by atoms with Crippen molar-refractivity contribution in [3.63, 3.8) is 0 Å². The van der Waals surface area contributed by atoms with Gasteiger partial charge < -0.3 is 9.80 Å². The van der Waals surface area contributed by atoms with Crippen molar-refractivity contribution < 1.29 is 14.0 Å². The third kappa shape index (κ3) is 7.76. The molecule has 6 heteroatoms. The number of fused-ring (bicyclic) bond motifs is 1. The molecule has 0 radical (unpaired) electrons. The van der Waals surface area contributed by atoms with Crippen molar-refractivity contribution in [2.75, 3.05) is 31.1 Å². The Labute approximate surface area is 254 Å². The molecule has 0 saturated heterocycles. The lowest BCUT2D eigenvalue weighted by Gasteiger charge is -2.33. The smallest absolute Gasteiger partial charge is 0.258 e. The van der Waals surface area contributed by atoms with E-state index in [1.165, 1.54) is 17.7 Å². The fraction of sp³-hybridized carbons (Fsp3) is 0.297. The van der Waals surface area contributed by atoms with E-state index in [1.54, 1.807) is 12.1 Å². The van der Waals surface area contributed by atoms with E-state index in [0.717, 1.165) is 60.4 Å². The van der Waals surface area contributed by atoms with Gasteiger partial charge in [-0.25, -0.2) is 4.39 Å². The highest BCUT2D eigenvalue weighted by Gasteiger charge is 2.25. The van der Waals surface area contributed by atoms with E-state index >= 15 is 0 Å². The number of nitrogens with zero attached hydrogens (tertiary/aromatic N) is 3. The van der Waals surface area contributed by atoms with Crippen molar-refractivity contribution in [3.05, 3.63) is 136 Å². The van der Waals surface area contributed by atoms with Gasteiger partial charge in [0, 0.05) is 44.8 Å². The number of aryl methyl sites for hydroxylation is 2. The average Bonchev–Trinajstić information content (AvgIpc) is 3.00. The molecule has 2 amide bonds. The number of benzene rings is 4. The third-order valence-corrected chi connectivity index (χ3v) is 8.25. The number of halogens is 1. The van der Waals surface area contributed by atoms with Crippen molar-refractivity contribution in [2.45, 2.75) is 46.2 Å². The van der Waals surface area contributed by atoms with Gasteiger partial charge in [0.05, 0.1) is 12.1 Å². The number of amides is 2. The number of hydrogen-bond acceptors (Lipinski definition) is 3. The Morgan fingerprint density at radius 2 is 1.40 bits per heavy atom. The molecule has 0 spiro atoms. The predicted molar refractivity (Wildman–Crippen MR) is 171 cm³/mol. The molecule has 0 unspecified atom stereocenters. The van der Waals surface area contributed by atoms with Gasteiger partial charge in [-0.05, 0) is 78.8 Å². The summed E-state index contributed by atoms with van der Waals surface area (Å²) >= 11 is 0. The fourth-order valence-electron chi connectivity index (χ4n) is 5.93. The number of rotatable bonds is 5. The topological polar surface area (TPSA) is 43.9 Å². The summed E-state index contributed by atoms with van der Waals surface area (Å²) in [6.45, 7) is 8.05. The molecule has 1 aliphatic heterocycles. The molecule has 0 bridgehead atoms. The first-order valence-corrected chi connectivity index (χ1v) is 15.1. The molecular weight excluding hydrogens is 537 g/mol. The van der Waals surface area contributed by atoms with E-state index in [1.807, 2.05) is 72.2 Å². The minimum Gasteiger partial charge on any atom is -0.338 e. The minimum absolute atomic E-state index is 0.0739. The van der Waals surface area contributed by atoms with E-state index in [-0.39, 0.29) is 17.6 Å². The molecule has 4 aromatic carbocycles. The van der Waals surface area contributed by atoms with Crippen LogP contribution in [-0.2, 0) is 24.3 Å². The molecule has 0 atom stereocenters. The second-order valence-corrected chi connectivity index (χ2v) is 11.4.